The summed E-state index contributed by atoms with van der Waals surface area (Å²) in [5.74, 6) is 0.325. The molecule has 0 aliphatic carbocycles. The van der Waals surface area contributed by atoms with Crippen LogP contribution >= 0.6 is 11.6 Å². The Labute approximate surface area is 150 Å². The van der Waals surface area contributed by atoms with E-state index >= 15 is 0 Å². The number of imidazole rings is 1. The molecule has 1 aliphatic rings. The van der Waals surface area contributed by atoms with Gasteiger partial charge in [0.1, 0.15) is 18.2 Å². The first-order chi connectivity index (χ1) is 12.2. The highest BCUT2D eigenvalue weighted by Crippen LogP contribution is 2.33. The van der Waals surface area contributed by atoms with Gasteiger partial charge in [-0.15, -0.1) is 0 Å². The van der Waals surface area contributed by atoms with Crippen LogP contribution in [0.15, 0.2) is 48.8 Å². The molecule has 2 heterocycles. The minimum absolute atomic E-state index is 0.0534. The minimum atomic E-state index is -0.365. The van der Waals surface area contributed by atoms with E-state index in [-0.39, 0.29) is 18.5 Å². The summed E-state index contributed by atoms with van der Waals surface area (Å²) in [7, 11) is 0. The van der Waals surface area contributed by atoms with E-state index < -0.39 is 0 Å². The summed E-state index contributed by atoms with van der Waals surface area (Å²) in [5.41, 5.74) is 3.45. The van der Waals surface area contributed by atoms with Crippen molar-refractivity contribution in [2.45, 2.75) is 19.1 Å². The van der Waals surface area contributed by atoms with Crippen LogP contribution in [0.1, 0.15) is 28.6 Å². The zero-order chi connectivity index (χ0) is 17.2. The van der Waals surface area contributed by atoms with Crippen LogP contribution in [0, 0.1) is 5.82 Å². The molecule has 1 aliphatic heterocycles. The van der Waals surface area contributed by atoms with Crippen molar-refractivity contribution in [3.63, 3.8) is 0 Å². The van der Waals surface area contributed by atoms with Crippen molar-refractivity contribution >= 4 is 11.6 Å². The van der Waals surface area contributed by atoms with Crippen LogP contribution in [-0.4, -0.2) is 16.5 Å². The van der Waals surface area contributed by atoms with Crippen LogP contribution in [0.4, 0.5) is 4.39 Å². The van der Waals surface area contributed by atoms with Gasteiger partial charge in [-0.1, -0.05) is 35.9 Å². The number of ether oxygens (including phenoxy) is 1. The van der Waals surface area contributed by atoms with Crippen molar-refractivity contribution in [1.82, 2.24) is 15.3 Å². The normalized spacial score (nSPS) is 16.5. The number of hydrogen-bond acceptors (Lipinski definition) is 3. The van der Waals surface area contributed by atoms with Gasteiger partial charge in [0, 0.05) is 29.8 Å². The number of aromatic nitrogens is 2. The molecule has 0 saturated heterocycles. The number of rotatable bonds is 4. The molecule has 0 radical (unpaired) electrons. The second kappa shape index (κ2) is 6.86. The highest BCUT2D eigenvalue weighted by atomic mass is 35.5. The summed E-state index contributed by atoms with van der Waals surface area (Å²) in [6.07, 6.45) is 2.63. The van der Waals surface area contributed by atoms with Crippen LogP contribution in [-0.2, 0) is 13.0 Å². The highest BCUT2D eigenvalue weighted by Gasteiger charge is 2.26. The second-order valence-electron chi connectivity index (χ2n) is 5.93. The number of aromatic amines is 1. The predicted molar refractivity (Wildman–Crippen MR) is 94.3 cm³/mol. The van der Waals surface area contributed by atoms with E-state index in [0.29, 0.717) is 16.3 Å². The van der Waals surface area contributed by atoms with Gasteiger partial charge in [0.05, 0.1) is 23.1 Å². The Kier molecular flexibility index (Phi) is 4.42. The molecular weight excluding hydrogens is 341 g/mol. The number of fused-ring (bicyclic) bond motifs is 1. The Bertz CT molecular complexity index is 876. The van der Waals surface area contributed by atoms with Crippen LogP contribution in [0.25, 0.3) is 0 Å². The Morgan fingerprint density at radius 3 is 2.96 bits per heavy atom. The lowest BCUT2D eigenvalue weighted by atomic mass is 9.97. The molecule has 6 heteroatoms. The van der Waals surface area contributed by atoms with Crippen LogP contribution in [0.2, 0.25) is 5.02 Å². The molecule has 4 rings (SSSR count). The Hall–Kier alpha value is -2.37. The number of benzene rings is 2. The van der Waals surface area contributed by atoms with Crippen molar-refractivity contribution in [3.05, 3.63) is 82.1 Å². The molecule has 128 valence electrons. The molecule has 1 atom stereocenters. The molecule has 2 N–H and O–H groups in total. The second-order valence-corrected chi connectivity index (χ2v) is 6.34. The average Bonchev–Trinajstić information content (AvgIpc) is 3.10. The van der Waals surface area contributed by atoms with Crippen LogP contribution < -0.4 is 10.1 Å². The zero-order valence-corrected chi connectivity index (χ0v) is 14.2. The average molecular weight is 358 g/mol. The third-order valence-electron chi connectivity index (χ3n) is 4.41. The summed E-state index contributed by atoms with van der Waals surface area (Å²) in [5, 5.41) is 3.84. The lowest BCUT2D eigenvalue weighted by Crippen LogP contribution is -2.31. The fourth-order valence-corrected chi connectivity index (χ4v) is 3.36. The summed E-state index contributed by atoms with van der Waals surface area (Å²) in [6.45, 7) is 0.927. The predicted octanol–water partition coefficient (Wildman–Crippen LogP) is 4.02. The van der Waals surface area contributed by atoms with E-state index in [1.807, 2.05) is 24.3 Å². The minimum Gasteiger partial charge on any atom is -0.488 e. The molecule has 0 spiro atoms. The Morgan fingerprint density at radius 1 is 1.20 bits per heavy atom. The van der Waals surface area contributed by atoms with Gasteiger partial charge in [0.15, 0.2) is 0 Å². The fraction of sp³-hybridized carbons (Fsp3) is 0.211. The SMILES string of the molecule is Fc1cccc(Cl)c1COc1ccccc1C1NCCc2[nH]cnc21. The molecule has 2 aromatic carbocycles. The molecule has 0 bridgehead atoms. The molecule has 0 saturated carbocycles. The largest absolute Gasteiger partial charge is 0.488 e. The number of H-pyrrole nitrogens is 1. The van der Waals surface area contributed by atoms with Gasteiger partial charge in [0.25, 0.3) is 0 Å². The number of halogens is 2. The van der Waals surface area contributed by atoms with Crippen molar-refractivity contribution in [2.24, 2.45) is 0 Å². The molecular formula is C19H17ClFN3O. The standard InChI is InChI=1S/C19H17ClFN3O/c20-14-5-3-6-15(21)13(14)10-25-17-7-2-1-4-12(17)18-19-16(8-9-22-18)23-11-24-19/h1-7,11,18,22H,8-10H2,(H,23,24). The van der Waals surface area contributed by atoms with Gasteiger partial charge in [-0.05, 0) is 18.2 Å². The summed E-state index contributed by atoms with van der Waals surface area (Å²) < 4.78 is 19.9. The molecule has 0 fully saturated rings. The van der Waals surface area contributed by atoms with Crippen molar-refractivity contribution in [3.8, 4) is 5.75 Å². The number of para-hydroxylation sites is 1. The first-order valence-electron chi connectivity index (χ1n) is 8.14. The van der Waals surface area contributed by atoms with Gasteiger partial charge in [0.2, 0.25) is 0 Å². The smallest absolute Gasteiger partial charge is 0.131 e. The van der Waals surface area contributed by atoms with E-state index in [0.717, 1.165) is 29.9 Å². The van der Waals surface area contributed by atoms with Crippen LogP contribution in [0.3, 0.4) is 0 Å². The van der Waals surface area contributed by atoms with Crippen molar-refractivity contribution < 1.29 is 9.13 Å². The van der Waals surface area contributed by atoms with E-state index in [4.69, 9.17) is 16.3 Å². The highest BCUT2D eigenvalue weighted by molar-refractivity contribution is 6.31. The van der Waals surface area contributed by atoms with Crippen molar-refractivity contribution in [2.75, 3.05) is 6.54 Å². The number of nitrogens with one attached hydrogen (secondary N) is 2. The summed E-state index contributed by atoms with van der Waals surface area (Å²) in [6, 6.07) is 12.3. The monoisotopic (exact) mass is 357 g/mol. The third-order valence-corrected chi connectivity index (χ3v) is 4.77. The topological polar surface area (TPSA) is 49.9 Å². The first-order valence-corrected chi connectivity index (χ1v) is 8.52. The van der Waals surface area contributed by atoms with E-state index in [9.17, 15) is 4.39 Å². The van der Waals surface area contributed by atoms with Crippen molar-refractivity contribution in [1.29, 1.82) is 0 Å². The zero-order valence-electron chi connectivity index (χ0n) is 13.4. The summed E-state index contributed by atoms with van der Waals surface area (Å²) in [4.78, 5) is 7.64. The third kappa shape index (κ3) is 3.13. The molecule has 3 aromatic rings. The molecule has 1 aromatic heterocycles. The Morgan fingerprint density at radius 2 is 2.08 bits per heavy atom. The van der Waals surface area contributed by atoms with E-state index in [1.165, 1.54) is 6.07 Å². The summed E-state index contributed by atoms with van der Waals surface area (Å²) >= 11 is 6.09. The maximum atomic E-state index is 14.0. The molecule has 4 nitrogen and oxygen atoms in total. The number of hydrogen-bond donors (Lipinski definition) is 2. The lowest BCUT2D eigenvalue weighted by Gasteiger charge is -2.25. The van der Waals surface area contributed by atoms with Gasteiger partial charge < -0.3 is 15.0 Å². The number of nitrogens with zero attached hydrogens (tertiary/aromatic N) is 1. The van der Waals surface area contributed by atoms with Gasteiger partial charge in [-0.25, -0.2) is 9.37 Å². The Balaban J connectivity index is 1.63. The van der Waals surface area contributed by atoms with E-state index in [2.05, 4.69) is 15.3 Å². The van der Waals surface area contributed by atoms with Gasteiger partial charge in [-0.2, -0.15) is 0 Å². The van der Waals surface area contributed by atoms with Gasteiger partial charge >= 0.3 is 0 Å². The fourth-order valence-electron chi connectivity index (χ4n) is 3.15. The quantitative estimate of drug-likeness (QED) is 0.741. The molecule has 25 heavy (non-hydrogen) atoms. The van der Waals surface area contributed by atoms with Gasteiger partial charge in [-0.3, -0.25) is 0 Å². The maximum absolute atomic E-state index is 14.0. The lowest BCUT2D eigenvalue weighted by molar-refractivity contribution is 0.294. The van der Waals surface area contributed by atoms with E-state index in [1.54, 1.807) is 18.5 Å². The maximum Gasteiger partial charge on any atom is 0.131 e. The van der Waals surface area contributed by atoms with Crippen LogP contribution in [0.5, 0.6) is 5.75 Å². The first kappa shape index (κ1) is 16.1. The molecule has 1 unspecified atom stereocenters. The molecule has 0 amide bonds.